The molecule has 32 heavy (non-hydrogen) atoms. The van der Waals surface area contributed by atoms with Gasteiger partial charge in [-0.05, 0) is 48.5 Å². The Hall–Kier alpha value is -4.12. The van der Waals surface area contributed by atoms with E-state index in [9.17, 15) is 18.5 Å². The number of hydrazone groups is 1. The summed E-state index contributed by atoms with van der Waals surface area (Å²) in [6, 6.07) is 16.8. The first-order valence-corrected chi connectivity index (χ1v) is 10.7. The number of anilines is 2. The maximum atomic E-state index is 12.7. The van der Waals surface area contributed by atoms with Gasteiger partial charge < -0.3 is 9.47 Å². The van der Waals surface area contributed by atoms with E-state index in [1.54, 1.807) is 36.4 Å². The SMILES string of the molecule is COc1ccc(NS(=O)(=O)c2ccc(N/N=C/c3ccccc3OC)c([N+](=O)[O-])c2)cc1. The fourth-order valence-electron chi connectivity index (χ4n) is 2.74. The molecule has 0 aliphatic heterocycles. The molecule has 0 radical (unpaired) electrons. The normalized spacial score (nSPS) is 11.2. The predicted molar refractivity (Wildman–Crippen MR) is 121 cm³/mol. The van der Waals surface area contributed by atoms with E-state index in [0.29, 0.717) is 17.1 Å². The number of rotatable bonds is 9. The molecule has 0 fully saturated rings. The Kier molecular flexibility index (Phi) is 6.90. The lowest BCUT2D eigenvalue weighted by Gasteiger charge is -2.10. The third kappa shape index (κ3) is 5.32. The maximum absolute atomic E-state index is 12.7. The van der Waals surface area contributed by atoms with Gasteiger partial charge in [0.15, 0.2) is 0 Å². The first-order chi connectivity index (χ1) is 15.3. The first kappa shape index (κ1) is 22.6. The van der Waals surface area contributed by atoms with Crippen LogP contribution in [0.4, 0.5) is 17.1 Å². The average molecular weight is 456 g/mol. The molecule has 2 N–H and O–H groups in total. The Morgan fingerprint density at radius 3 is 2.38 bits per heavy atom. The van der Waals surface area contributed by atoms with Gasteiger partial charge in [-0.2, -0.15) is 5.10 Å². The van der Waals surface area contributed by atoms with E-state index in [1.807, 2.05) is 0 Å². The predicted octanol–water partition coefficient (Wildman–Crippen LogP) is 3.86. The van der Waals surface area contributed by atoms with Crippen LogP contribution in [0.25, 0.3) is 0 Å². The number of hydrogen-bond donors (Lipinski definition) is 2. The third-order valence-electron chi connectivity index (χ3n) is 4.35. The summed E-state index contributed by atoms with van der Waals surface area (Å²) < 4.78 is 38.0. The van der Waals surface area contributed by atoms with Crippen LogP contribution in [-0.2, 0) is 10.0 Å². The van der Waals surface area contributed by atoms with Crippen LogP contribution in [0.3, 0.4) is 0 Å². The summed E-state index contributed by atoms with van der Waals surface area (Å²) in [5, 5.41) is 15.5. The van der Waals surface area contributed by atoms with Gasteiger partial charge in [-0.3, -0.25) is 20.3 Å². The summed E-state index contributed by atoms with van der Waals surface area (Å²) in [6.07, 6.45) is 1.44. The molecule has 166 valence electrons. The molecule has 3 aromatic carbocycles. The largest absolute Gasteiger partial charge is 0.497 e. The highest BCUT2D eigenvalue weighted by atomic mass is 32.2. The molecule has 0 atom stereocenters. The maximum Gasteiger partial charge on any atom is 0.295 e. The van der Waals surface area contributed by atoms with Crippen molar-refractivity contribution >= 4 is 33.3 Å². The van der Waals surface area contributed by atoms with E-state index in [2.05, 4.69) is 15.2 Å². The van der Waals surface area contributed by atoms with Crippen molar-refractivity contribution in [1.82, 2.24) is 0 Å². The van der Waals surface area contributed by atoms with E-state index >= 15 is 0 Å². The van der Waals surface area contributed by atoms with Crippen molar-refractivity contribution in [2.75, 3.05) is 24.4 Å². The lowest BCUT2D eigenvalue weighted by atomic mass is 10.2. The second-order valence-electron chi connectivity index (χ2n) is 6.38. The first-order valence-electron chi connectivity index (χ1n) is 9.21. The van der Waals surface area contributed by atoms with Gasteiger partial charge in [0.1, 0.15) is 17.2 Å². The van der Waals surface area contributed by atoms with Crippen molar-refractivity contribution in [1.29, 1.82) is 0 Å². The van der Waals surface area contributed by atoms with Gasteiger partial charge in [-0.15, -0.1) is 0 Å². The molecule has 0 heterocycles. The Labute approximate surface area is 184 Å². The van der Waals surface area contributed by atoms with E-state index in [4.69, 9.17) is 9.47 Å². The molecule has 0 aliphatic carbocycles. The number of ether oxygens (including phenoxy) is 2. The summed E-state index contributed by atoms with van der Waals surface area (Å²) >= 11 is 0. The molecule has 0 aromatic heterocycles. The number of nitro benzene ring substituents is 1. The van der Waals surface area contributed by atoms with Gasteiger partial charge in [0.2, 0.25) is 0 Å². The van der Waals surface area contributed by atoms with Crippen LogP contribution in [0, 0.1) is 10.1 Å². The second-order valence-corrected chi connectivity index (χ2v) is 8.06. The Morgan fingerprint density at radius 1 is 1.00 bits per heavy atom. The van der Waals surface area contributed by atoms with E-state index in [1.165, 1.54) is 44.7 Å². The number of methoxy groups -OCH3 is 2. The molecule has 10 nitrogen and oxygen atoms in total. The van der Waals surface area contributed by atoms with E-state index < -0.39 is 20.6 Å². The molecule has 0 amide bonds. The standard InChI is InChI=1S/C21H20N4O6S/c1-30-17-9-7-16(8-10-17)24-32(28,29)18-11-12-19(20(13-18)25(26)27)23-22-14-15-5-3-4-6-21(15)31-2/h3-14,23-24H,1-2H3/b22-14+. The van der Waals surface area contributed by atoms with Crippen LogP contribution in [0.5, 0.6) is 11.5 Å². The minimum Gasteiger partial charge on any atom is -0.497 e. The van der Waals surface area contributed by atoms with Crippen LogP contribution in [0.1, 0.15) is 5.56 Å². The highest BCUT2D eigenvalue weighted by molar-refractivity contribution is 7.92. The number of benzene rings is 3. The fraction of sp³-hybridized carbons (Fsp3) is 0.0952. The molecular weight excluding hydrogens is 436 g/mol. The van der Waals surface area contributed by atoms with Gasteiger partial charge in [-0.1, -0.05) is 12.1 Å². The van der Waals surface area contributed by atoms with Crippen molar-refractivity contribution in [3.63, 3.8) is 0 Å². The van der Waals surface area contributed by atoms with Crippen LogP contribution in [0.2, 0.25) is 0 Å². The number of sulfonamides is 1. The third-order valence-corrected chi connectivity index (χ3v) is 5.72. The molecular formula is C21H20N4O6S. The van der Waals surface area contributed by atoms with E-state index in [0.717, 1.165) is 6.07 Å². The topological polar surface area (TPSA) is 132 Å². The molecule has 0 bridgehead atoms. The quantitative estimate of drug-likeness (QED) is 0.284. The lowest BCUT2D eigenvalue weighted by molar-refractivity contribution is -0.384. The zero-order chi connectivity index (χ0) is 23.1. The average Bonchev–Trinajstić information content (AvgIpc) is 2.79. The molecule has 3 aromatic rings. The monoisotopic (exact) mass is 456 g/mol. The van der Waals surface area contributed by atoms with Gasteiger partial charge >= 0.3 is 0 Å². The van der Waals surface area contributed by atoms with E-state index in [-0.39, 0.29) is 16.3 Å². The van der Waals surface area contributed by atoms with Crippen LogP contribution < -0.4 is 19.6 Å². The number of para-hydroxylation sites is 1. The molecule has 0 spiro atoms. The van der Waals surface area contributed by atoms with Crippen LogP contribution >= 0.6 is 0 Å². The summed E-state index contributed by atoms with van der Waals surface area (Å²) in [7, 11) is -1.04. The minimum absolute atomic E-state index is 0.0320. The Bertz CT molecular complexity index is 1240. The molecule has 0 saturated heterocycles. The van der Waals surface area contributed by atoms with Gasteiger partial charge in [0.25, 0.3) is 15.7 Å². The van der Waals surface area contributed by atoms with Crippen molar-refractivity contribution in [3.8, 4) is 11.5 Å². The van der Waals surface area contributed by atoms with Crippen LogP contribution in [0.15, 0.2) is 76.7 Å². The van der Waals surface area contributed by atoms with Crippen LogP contribution in [-0.4, -0.2) is 33.8 Å². The van der Waals surface area contributed by atoms with Crippen molar-refractivity contribution in [2.24, 2.45) is 5.10 Å². The molecule has 0 aliphatic rings. The van der Waals surface area contributed by atoms with Crippen molar-refractivity contribution < 1.29 is 22.8 Å². The lowest BCUT2D eigenvalue weighted by Crippen LogP contribution is -2.13. The van der Waals surface area contributed by atoms with Gasteiger partial charge in [0, 0.05) is 17.3 Å². The number of nitro groups is 1. The minimum atomic E-state index is -4.06. The smallest absolute Gasteiger partial charge is 0.295 e. The van der Waals surface area contributed by atoms with Gasteiger partial charge in [0.05, 0.1) is 30.3 Å². The number of nitrogens with zero attached hydrogens (tertiary/aromatic N) is 2. The molecule has 11 heteroatoms. The van der Waals surface area contributed by atoms with Crippen molar-refractivity contribution in [3.05, 3.63) is 82.4 Å². The van der Waals surface area contributed by atoms with Gasteiger partial charge in [-0.25, -0.2) is 8.42 Å². The highest BCUT2D eigenvalue weighted by Gasteiger charge is 2.21. The summed E-state index contributed by atoms with van der Waals surface area (Å²) in [6.45, 7) is 0. The zero-order valence-corrected chi connectivity index (χ0v) is 18.0. The highest BCUT2D eigenvalue weighted by Crippen LogP contribution is 2.29. The Balaban J connectivity index is 1.83. The van der Waals surface area contributed by atoms with Crippen molar-refractivity contribution in [2.45, 2.75) is 4.90 Å². The molecule has 0 unspecified atom stereocenters. The molecule has 0 saturated carbocycles. The summed E-state index contributed by atoms with van der Waals surface area (Å²) in [5.74, 6) is 1.14. The Morgan fingerprint density at radius 2 is 1.72 bits per heavy atom. The second kappa shape index (κ2) is 9.79. The zero-order valence-electron chi connectivity index (χ0n) is 17.2. The number of nitrogens with one attached hydrogen (secondary N) is 2. The number of hydrogen-bond acceptors (Lipinski definition) is 8. The summed E-state index contributed by atoms with van der Waals surface area (Å²) in [4.78, 5) is 10.6. The fourth-order valence-corrected chi connectivity index (χ4v) is 3.82. The molecule has 3 rings (SSSR count). The summed E-state index contributed by atoms with van der Waals surface area (Å²) in [5.41, 5.74) is 3.12.